The second-order valence-corrected chi connectivity index (χ2v) is 6.22. The van der Waals surface area contributed by atoms with Crippen LogP contribution in [0.4, 0.5) is 17.1 Å². The van der Waals surface area contributed by atoms with E-state index < -0.39 is 0 Å². The van der Waals surface area contributed by atoms with Crippen molar-refractivity contribution in [3.05, 3.63) is 65.0 Å². The van der Waals surface area contributed by atoms with Gasteiger partial charge in [-0.05, 0) is 46.7 Å². The Morgan fingerprint density at radius 1 is 1.00 bits per heavy atom. The minimum atomic E-state index is 0.993. The van der Waals surface area contributed by atoms with Crippen molar-refractivity contribution in [1.82, 2.24) is 0 Å². The quantitative estimate of drug-likeness (QED) is 0.774. The summed E-state index contributed by atoms with van der Waals surface area (Å²) in [5.74, 6) is 0. The minimum Gasteiger partial charge on any atom is -0.378 e. The third kappa shape index (κ3) is 3.13. The van der Waals surface area contributed by atoms with Gasteiger partial charge >= 0.3 is 0 Å². The molecule has 0 aliphatic carbocycles. The highest BCUT2D eigenvalue weighted by atomic mass is 15.1. The van der Waals surface area contributed by atoms with E-state index in [1.807, 2.05) is 0 Å². The molecule has 1 N–H and O–H groups in total. The molecule has 0 spiro atoms. The van der Waals surface area contributed by atoms with Gasteiger partial charge in [-0.1, -0.05) is 49.9 Å². The zero-order chi connectivity index (χ0) is 17.1. The highest BCUT2D eigenvalue weighted by Gasteiger charge is 2.04. The first-order valence-corrected chi connectivity index (χ1v) is 8.35. The van der Waals surface area contributed by atoms with E-state index in [-0.39, 0.29) is 0 Å². The molecule has 0 unspecified atom stereocenters. The molecule has 24 heavy (non-hydrogen) atoms. The number of benzene rings is 3. The predicted octanol–water partition coefficient (Wildman–Crippen LogP) is 4.25. The summed E-state index contributed by atoms with van der Waals surface area (Å²) in [4.78, 5) is 2.11. The highest BCUT2D eigenvalue weighted by molar-refractivity contribution is 5.88. The molecular formula is C22H24N2. The van der Waals surface area contributed by atoms with Crippen molar-refractivity contribution < 1.29 is 0 Å². The predicted molar refractivity (Wildman–Crippen MR) is 108 cm³/mol. The van der Waals surface area contributed by atoms with E-state index in [4.69, 9.17) is 0 Å². The Balaban J connectivity index is 2.16. The van der Waals surface area contributed by atoms with E-state index in [9.17, 15) is 0 Å². The van der Waals surface area contributed by atoms with Gasteiger partial charge in [-0.25, -0.2) is 0 Å². The summed E-state index contributed by atoms with van der Waals surface area (Å²) in [6.45, 7) is 6.41. The largest absolute Gasteiger partial charge is 0.378 e. The summed E-state index contributed by atoms with van der Waals surface area (Å²) >= 11 is 0. The molecule has 2 heteroatoms. The smallest absolute Gasteiger partial charge is 0.0466 e. The first-order valence-electron chi connectivity index (χ1n) is 8.35. The number of hydrogen-bond donors (Lipinski definition) is 1. The average molecular weight is 316 g/mol. The SMILES string of the molecule is C=c1cc(Nc2cccc(N(C)C)c2)/c(=C/CC)c2ccccc12. The van der Waals surface area contributed by atoms with Crippen LogP contribution in [-0.2, 0) is 0 Å². The standard InChI is InChI=1S/C22H24N2/c1-5-9-21-20-13-7-6-12-19(20)16(2)14-22(21)23-17-10-8-11-18(15-17)24(3)4/h6-15,23H,2,5H2,1,3-4H3/b21-9+. The van der Waals surface area contributed by atoms with Gasteiger partial charge < -0.3 is 10.2 Å². The maximum Gasteiger partial charge on any atom is 0.0466 e. The fraction of sp³-hybridized carbons (Fsp3) is 0.182. The van der Waals surface area contributed by atoms with E-state index in [0.717, 1.165) is 23.0 Å². The van der Waals surface area contributed by atoms with Gasteiger partial charge in [0.05, 0.1) is 0 Å². The second-order valence-electron chi connectivity index (χ2n) is 6.22. The molecule has 0 atom stereocenters. The fourth-order valence-electron chi connectivity index (χ4n) is 3.02. The average Bonchev–Trinajstić information content (AvgIpc) is 2.58. The maximum atomic E-state index is 4.24. The summed E-state index contributed by atoms with van der Waals surface area (Å²) in [7, 11) is 4.11. The topological polar surface area (TPSA) is 15.3 Å². The monoisotopic (exact) mass is 316 g/mol. The van der Waals surface area contributed by atoms with Crippen molar-refractivity contribution in [3.8, 4) is 0 Å². The molecule has 3 aromatic carbocycles. The van der Waals surface area contributed by atoms with Crippen LogP contribution < -0.4 is 20.7 Å². The first kappa shape index (κ1) is 16.1. The minimum absolute atomic E-state index is 0.993. The Morgan fingerprint density at radius 2 is 1.75 bits per heavy atom. The van der Waals surface area contributed by atoms with E-state index >= 15 is 0 Å². The van der Waals surface area contributed by atoms with Crippen molar-refractivity contribution >= 4 is 40.5 Å². The third-order valence-corrected chi connectivity index (χ3v) is 4.22. The molecule has 0 aliphatic heterocycles. The van der Waals surface area contributed by atoms with Gasteiger partial charge in [0.1, 0.15) is 0 Å². The lowest BCUT2D eigenvalue weighted by molar-refractivity contribution is 1.13. The molecule has 122 valence electrons. The Morgan fingerprint density at radius 3 is 2.46 bits per heavy atom. The van der Waals surface area contributed by atoms with Crippen LogP contribution >= 0.6 is 0 Å². The number of rotatable bonds is 4. The lowest BCUT2D eigenvalue weighted by Crippen LogP contribution is -2.16. The van der Waals surface area contributed by atoms with Crippen LogP contribution in [0, 0.1) is 0 Å². The normalized spacial score (nSPS) is 11.7. The molecule has 0 bridgehead atoms. The molecule has 0 aromatic heterocycles. The van der Waals surface area contributed by atoms with Crippen molar-refractivity contribution in [2.75, 3.05) is 24.3 Å². The Labute approximate surface area is 143 Å². The maximum absolute atomic E-state index is 4.24. The van der Waals surface area contributed by atoms with Crippen molar-refractivity contribution in [2.24, 2.45) is 0 Å². The van der Waals surface area contributed by atoms with Crippen molar-refractivity contribution in [2.45, 2.75) is 13.3 Å². The molecular weight excluding hydrogens is 292 g/mol. The van der Waals surface area contributed by atoms with Crippen LogP contribution in [0.5, 0.6) is 0 Å². The van der Waals surface area contributed by atoms with Gasteiger partial charge in [0.2, 0.25) is 0 Å². The molecule has 2 nitrogen and oxygen atoms in total. The van der Waals surface area contributed by atoms with Gasteiger partial charge in [-0.15, -0.1) is 0 Å². The summed E-state index contributed by atoms with van der Waals surface area (Å²) in [5.41, 5.74) is 3.37. The Kier molecular flexibility index (Phi) is 4.57. The number of fused-ring (bicyclic) bond motifs is 1. The molecule has 3 rings (SSSR count). The third-order valence-electron chi connectivity index (χ3n) is 4.22. The summed E-state index contributed by atoms with van der Waals surface area (Å²) in [5, 5.41) is 8.34. The highest BCUT2D eigenvalue weighted by Crippen LogP contribution is 2.20. The van der Waals surface area contributed by atoms with E-state index in [1.165, 1.54) is 21.7 Å². The summed E-state index contributed by atoms with van der Waals surface area (Å²) in [6, 6.07) is 19.1. The van der Waals surface area contributed by atoms with Gasteiger partial charge in [0.15, 0.2) is 0 Å². The summed E-state index contributed by atoms with van der Waals surface area (Å²) in [6.07, 6.45) is 3.27. The van der Waals surface area contributed by atoms with Crippen LogP contribution in [0.1, 0.15) is 13.3 Å². The Hall–Kier alpha value is -2.74. The molecule has 0 fully saturated rings. The molecule has 0 saturated heterocycles. The first-order chi connectivity index (χ1) is 11.6. The molecule has 3 aromatic rings. The molecule has 0 amide bonds. The van der Waals surface area contributed by atoms with Crippen molar-refractivity contribution in [3.63, 3.8) is 0 Å². The number of hydrogen-bond acceptors (Lipinski definition) is 2. The lowest BCUT2D eigenvalue weighted by Gasteiger charge is -2.15. The lowest BCUT2D eigenvalue weighted by atomic mass is 10.0. The Bertz CT molecular complexity index is 971. The molecule has 0 heterocycles. The van der Waals surface area contributed by atoms with E-state index in [2.05, 4.69) is 98.5 Å². The number of anilines is 3. The van der Waals surface area contributed by atoms with E-state index in [0.29, 0.717) is 0 Å². The zero-order valence-electron chi connectivity index (χ0n) is 14.6. The summed E-state index contributed by atoms with van der Waals surface area (Å²) < 4.78 is 0. The fourth-order valence-corrected chi connectivity index (χ4v) is 3.02. The molecule has 0 aliphatic rings. The number of nitrogens with one attached hydrogen (secondary N) is 1. The van der Waals surface area contributed by atoms with Gasteiger partial charge in [-0.3, -0.25) is 0 Å². The van der Waals surface area contributed by atoms with Crippen LogP contribution in [0.15, 0.2) is 54.6 Å². The number of nitrogens with zero attached hydrogens (tertiary/aromatic N) is 1. The van der Waals surface area contributed by atoms with Gasteiger partial charge in [0, 0.05) is 36.4 Å². The van der Waals surface area contributed by atoms with E-state index in [1.54, 1.807) is 0 Å². The van der Waals surface area contributed by atoms with Crippen LogP contribution in [0.25, 0.3) is 23.4 Å². The van der Waals surface area contributed by atoms with Crippen molar-refractivity contribution in [1.29, 1.82) is 0 Å². The van der Waals surface area contributed by atoms with Gasteiger partial charge in [0.25, 0.3) is 0 Å². The van der Waals surface area contributed by atoms with Crippen LogP contribution in [0.3, 0.4) is 0 Å². The molecule has 0 saturated carbocycles. The van der Waals surface area contributed by atoms with Crippen LogP contribution in [0.2, 0.25) is 0 Å². The zero-order valence-corrected chi connectivity index (χ0v) is 14.6. The molecule has 0 radical (unpaired) electrons. The van der Waals surface area contributed by atoms with Crippen LogP contribution in [-0.4, -0.2) is 14.1 Å². The second kappa shape index (κ2) is 6.79. The van der Waals surface area contributed by atoms with Gasteiger partial charge in [-0.2, -0.15) is 0 Å².